The van der Waals surface area contributed by atoms with Crippen molar-refractivity contribution in [1.82, 2.24) is 14.3 Å². The van der Waals surface area contributed by atoms with Crippen molar-refractivity contribution in [2.45, 2.75) is 38.6 Å². The predicted molar refractivity (Wildman–Crippen MR) is 87.1 cm³/mol. The van der Waals surface area contributed by atoms with Crippen LogP contribution in [-0.4, -0.2) is 33.5 Å². The fraction of sp³-hybridized carbons (Fsp3) is 0.533. The van der Waals surface area contributed by atoms with Crippen LogP contribution in [0, 0.1) is 0 Å². The van der Waals surface area contributed by atoms with Crippen molar-refractivity contribution in [3.8, 4) is 0 Å². The zero-order valence-corrected chi connectivity index (χ0v) is 13.3. The summed E-state index contributed by atoms with van der Waals surface area (Å²) in [5.41, 5.74) is 1.11. The van der Waals surface area contributed by atoms with Gasteiger partial charge in [0.15, 0.2) is 0 Å². The van der Waals surface area contributed by atoms with Gasteiger partial charge < -0.3 is 10.2 Å². The smallest absolute Gasteiger partial charge is 0.205 e. The number of nitrogens with one attached hydrogen (secondary N) is 1. The van der Waals surface area contributed by atoms with Crippen molar-refractivity contribution in [3.05, 3.63) is 30.4 Å². The largest absolute Gasteiger partial charge is 0.381 e. The third-order valence-corrected chi connectivity index (χ3v) is 4.54. The van der Waals surface area contributed by atoms with Crippen LogP contribution in [0.3, 0.4) is 0 Å². The lowest BCUT2D eigenvalue weighted by Gasteiger charge is -2.32. The van der Waals surface area contributed by atoms with Gasteiger partial charge in [-0.05, 0) is 25.0 Å². The van der Waals surface area contributed by atoms with E-state index < -0.39 is 0 Å². The van der Waals surface area contributed by atoms with Gasteiger partial charge in [0.1, 0.15) is 5.82 Å². The topological polar surface area (TPSA) is 53.9 Å². The maximum atomic E-state index is 4.65. The van der Waals surface area contributed by atoms with E-state index in [9.17, 15) is 0 Å². The van der Waals surface area contributed by atoms with Gasteiger partial charge >= 0.3 is 0 Å². The van der Waals surface area contributed by atoms with Crippen molar-refractivity contribution in [2.75, 3.05) is 23.3 Å². The summed E-state index contributed by atoms with van der Waals surface area (Å²) in [4.78, 5) is 11.1. The molecule has 0 bridgehead atoms. The molecular formula is C15H21N5S. The van der Waals surface area contributed by atoms with Crippen molar-refractivity contribution in [1.29, 1.82) is 0 Å². The van der Waals surface area contributed by atoms with Gasteiger partial charge in [-0.25, -0.2) is 4.98 Å². The van der Waals surface area contributed by atoms with Crippen LogP contribution in [0.25, 0.3) is 0 Å². The summed E-state index contributed by atoms with van der Waals surface area (Å²) in [6.07, 6.45) is 5.92. The Morgan fingerprint density at radius 2 is 2.14 bits per heavy atom. The normalized spacial score (nSPS) is 16.4. The van der Waals surface area contributed by atoms with Crippen LogP contribution in [0.4, 0.5) is 10.8 Å². The molecule has 0 saturated carbocycles. The van der Waals surface area contributed by atoms with E-state index in [4.69, 9.17) is 0 Å². The first-order valence-corrected chi connectivity index (χ1v) is 8.25. The Hall–Kier alpha value is -1.69. The molecule has 0 atom stereocenters. The number of rotatable bonds is 4. The van der Waals surface area contributed by atoms with Crippen molar-refractivity contribution in [2.24, 2.45) is 0 Å². The summed E-state index contributed by atoms with van der Waals surface area (Å²) in [7, 11) is 0. The highest BCUT2D eigenvalue weighted by atomic mass is 32.1. The minimum absolute atomic E-state index is 0.403. The van der Waals surface area contributed by atoms with E-state index in [0.717, 1.165) is 42.6 Å². The third-order valence-electron chi connectivity index (χ3n) is 3.75. The summed E-state index contributed by atoms with van der Waals surface area (Å²) in [5, 5.41) is 4.62. The zero-order valence-electron chi connectivity index (χ0n) is 12.5. The fourth-order valence-electron chi connectivity index (χ4n) is 2.49. The summed E-state index contributed by atoms with van der Waals surface area (Å²) in [6, 6.07) is 4.55. The Labute approximate surface area is 129 Å². The minimum Gasteiger partial charge on any atom is -0.381 e. The summed E-state index contributed by atoms with van der Waals surface area (Å²) in [5.74, 6) is 1.37. The fourth-order valence-corrected chi connectivity index (χ4v) is 3.35. The Bertz CT molecular complexity index is 560. The number of aromatic nitrogens is 3. The standard InChI is InChI=1S/C15H21N5S/c1-11(2)14-18-15(21-19-14)20-8-5-12(6-9-20)17-13-4-3-7-16-10-13/h3-4,7,10-12,17H,5-6,8-9H2,1-2H3. The number of hydrogen-bond donors (Lipinski definition) is 1. The molecule has 21 heavy (non-hydrogen) atoms. The second-order valence-corrected chi connectivity index (χ2v) is 6.47. The second-order valence-electron chi connectivity index (χ2n) is 5.74. The quantitative estimate of drug-likeness (QED) is 0.940. The molecule has 0 spiro atoms. The maximum Gasteiger partial charge on any atom is 0.205 e. The Kier molecular flexibility index (Phi) is 4.34. The highest BCUT2D eigenvalue weighted by Gasteiger charge is 2.22. The van der Waals surface area contributed by atoms with Crippen LogP contribution in [0.15, 0.2) is 24.5 Å². The molecule has 0 amide bonds. The van der Waals surface area contributed by atoms with Gasteiger partial charge in [0, 0.05) is 49.0 Å². The second kappa shape index (κ2) is 6.39. The molecule has 3 rings (SSSR count). The van der Waals surface area contributed by atoms with E-state index in [1.807, 2.05) is 12.3 Å². The van der Waals surface area contributed by atoms with Crippen molar-refractivity contribution in [3.63, 3.8) is 0 Å². The van der Waals surface area contributed by atoms with E-state index in [1.54, 1.807) is 6.20 Å². The molecular weight excluding hydrogens is 282 g/mol. The van der Waals surface area contributed by atoms with Gasteiger partial charge in [-0.3, -0.25) is 4.98 Å². The molecule has 1 N–H and O–H groups in total. The lowest BCUT2D eigenvalue weighted by Crippen LogP contribution is -2.39. The van der Waals surface area contributed by atoms with Gasteiger partial charge in [0.25, 0.3) is 0 Å². The maximum absolute atomic E-state index is 4.65. The number of nitrogens with zero attached hydrogens (tertiary/aromatic N) is 4. The first kappa shape index (κ1) is 14.3. The van der Waals surface area contributed by atoms with E-state index >= 15 is 0 Å². The molecule has 1 fully saturated rings. The Balaban J connectivity index is 1.55. The minimum atomic E-state index is 0.403. The van der Waals surface area contributed by atoms with Gasteiger partial charge in [-0.15, -0.1) is 0 Å². The first-order valence-electron chi connectivity index (χ1n) is 7.47. The molecule has 112 valence electrons. The molecule has 0 unspecified atom stereocenters. The Morgan fingerprint density at radius 3 is 2.76 bits per heavy atom. The summed E-state index contributed by atoms with van der Waals surface area (Å²) < 4.78 is 4.44. The number of anilines is 2. The summed E-state index contributed by atoms with van der Waals surface area (Å²) >= 11 is 1.52. The SMILES string of the molecule is CC(C)c1nsc(N2CCC(Nc3cccnc3)CC2)n1. The molecule has 0 aromatic carbocycles. The lowest BCUT2D eigenvalue weighted by molar-refractivity contribution is 0.525. The molecule has 1 aliphatic rings. The average molecular weight is 303 g/mol. The Morgan fingerprint density at radius 1 is 1.33 bits per heavy atom. The number of hydrogen-bond acceptors (Lipinski definition) is 6. The van der Waals surface area contributed by atoms with Crippen LogP contribution >= 0.6 is 11.5 Å². The molecule has 6 heteroatoms. The van der Waals surface area contributed by atoms with Crippen LogP contribution < -0.4 is 10.2 Å². The van der Waals surface area contributed by atoms with E-state index in [2.05, 4.69) is 44.5 Å². The van der Waals surface area contributed by atoms with Crippen LogP contribution in [-0.2, 0) is 0 Å². The van der Waals surface area contributed by atoms with Gasteiger partial charge in [-0.1, -0.05) is 13.8 Å². The van der Waals surface area contributed by atoms with Gasteiger partial charge in [0.05, 0.1) is 5.69 Å². The van der Waals surface area contributed by atoms with E-state index in [0.29, 0.717) is 12.0 Å². The zero-order chi connectivity index (χ0) is 14.7. The molecule has 1 aliphatic heterocycles. The van der Waals surface area contributed by atoms with Crippen LogP contribution in [0.1, 0.15) is 38.4 Å². The monoisotopic (exact) mass is 303 g/mol. The predicted octanol–water partition coefficient (Wildman–Crippen LogP) is 3.14. The molecule has 2 aromatic rings. The van der Waals surface area contributed by atoms with Crippen LogP contribution in [0.2, 0.25) is 0 Å². The highest BCUT2D eigenvalue weighted by Crippen LogP contribution is 2.25. The average Bonchev–Trinajstić information content (AvgIpc) is 2.99. The highest BCUT2D eigenvalue weighted by molar-refractivity contribution is 7.09. The molecule has 3 heterocycles. The summed E-state index contributed by atoms with van der Waals surface area (Å²) in [6.45, 7) is 6.33. The lowest BCUT2D eigenvalue weighted by atomic mass is 10.1. The number of piperidine rings is 1. The molecule has 2 aromatic heterocycles. The number of pyridine rings is 1. The molecule has 1 saturated heterocycles. The first-order chi connectivity index (χ1) is 10.2. The third kappa shape index (κ3) is 3.50. The van der Waals surface area contributed by atoms with Crippen molar-refractivity contribution < 1.29 is 0 Å². The molecule has 5 nitrogen and oxygen atoms in total. The van der Waals surface area contributed by atoms with Gasteiger partial charge in [-0.2, -0.15) is 4.37 Å². The van der Waals surface area contributed by atoms with E-state index in [1.165, 1.54) is 11.5 Å². The van der Waals surface area contributed by atoms with Gasteiger partial charge in [0.2, 0.25) is 5.13 Å². The molecule has 0 radical (unpaired) electrons. The van der Waals surface area contributed by atoms with Crippen LogP contribution in [0.5, 0.6) is 0 Å². The van der Waals surface area contributed by atoms with Crippen molar-refractivity contribution >= 4 is 22.4 Å². The van der Waals surface area contributed by atoms with E-state index in [-0.39, 0.29) is 0 Å². The molecule has 0 aliphatic carbocycles.